The molecule has 0 spiro atoms. The Morgan fingerprint density at radius 1 is 1.31 bits per heavy atom. The van der Waals surface area contributed by atoms with Gasteiger partial charge in [0, 0.05) is 5.56 Å². The molecule has 2 atom stereocenters. The highest BCUT2D eigenvalue weighted by molar-refractivity contribution is 6.34. The van der Waals surface area contributed by atoms with E-state index in [0.29, 0.717) is 16.3 Å². The summed E-state index contributed by atoms with van der Waals surface area (Å²) in [6.45, 7) is 10.5. The highest BCUT2D eigenvalue weighted by Crippen LogP contribution is 2.34. The molecular formula is C20H18ClN3O2. The molecule has 5 nitrogen and oxygen atoms in total. The fraction of sp³-hybridized carbons (Fsp3) is 0.250. The van der Waals surface area contributed by atoms with Crippen molar-refractivity contribution in [3.05, 3.63) is 75.8 Å². The van der Waals surface area contributed by atoms with E-state index in [0.717, 1.165) is 5.56 Å². The molecule has 0 aliphatic heterocycles. The van der Waals surface area contributed by atoms with E-state index in [-0.39, 0.29) is 23.8 Å². The normalized spacial score (nSPS) is 15.9. The average Bonchev–Trinajstić information content (AvgIpc) is 3.21. The first-order valence-corrected chi connectivity index (χ1v) is 8.20. The Labute approximate surface area is 164 Å². The van der Waals surface area contributed by atoms with Gasteiger partial charge in [-0.2, -0.15) is 0 Å². The molecule has 0 bridgehead atoms. The summed E-state index contributed by atoms with van der Waals surface area (Å²) in [5, 5.41) is 18.5. The van der Waals surface area contributed by atoms with Crippen molar-refractivity contribution in [1.29, 1.82) is 0 Å². The van der Waals surface area contributed by atoms with Crippen molar-refractivity contribution in [2.75, 3.05) is 0 Å². The van der Waals surface area contributed by atoms with Crippen LogP contribution in [-0.2, 0) is 6.42 Å². The number of aliphatic hydroxyl groups excluding tert-OH is 1. The molecule has 0 unspecified atom stereocenters. The fourth-order valence-electron chi connectivity index (χ4n) is 2.56. The number of nitrogens with zero attached hydrogens (tertiary/aromatic N) is 3. The van der Waals surface area contributed by atoms with E-state index < -0.39 is 42.2 Å². The van der Waals surface area contributed by atoms with E-state index in [1.807, 2.05) is 0 Å². The molecule has 3 rings (SSSR count). The Morgan fingerprint density at radius 3 is 2.69 bits per heavy atom. The van der Waals surface area contributed by atoms with Gasteiger partial charge >= 0.3 is 0 Å². The lowest BCUT2D eigenvalue weighted by Crippen LogP contribution is -2.18. The third-order valence-electron chi connectivity index (χ3n) is 4.09. The predicted molar refractivity (Wildman–Crippen MR) is 100 cm³/mol. The van der Waals surface area contributed by atoms with E-state index in [4.69, 9.17) is 29.4 Å². The monoisotopic (exact) mass is 372 g/mol. The first-order valence-electron chi connectivity index (χ1n) is 10.3. The first-order chi connectivity index (χ1) is 14.6. The molecular weight excluding hydrogens is 350 g/mol. The van der Waals surface area contributed by atoms with Crippen molar-refractivity contribution in [3.8, 4) is 11.5 Å². The van der Waals surface area contributed by atoms with Crippen LogP contribution in [0.4, 0.5) is 5.69 Å². The van der Waals surface area contributed by atoms with Crippen molar-refractivity contribution < 1.29 is 16.4 Å². The van der Waals surface area contributed by atoms with Gasteiger partial charge in [-0.3, -0.25) is 0 Å². The van der Waals surface area contributed by atoms with Gasteiger partial charge in [0.2, 0.25) is 17.5 Å². The molecule has 0 aliphatic carbocycles. The molecule has 26 heavy (non-hydrogen) atoms. The summed E-state index contributed by atoms with van der Waals surface area (Å²) in [5.74, 6) is -0.808. The Balaban J connectivity index is 2.03. The van der Waals surface area contributed by atoms with Gasteiger partial charge in [0.15, 0.2) is 0 Å². The summed E-state index contributed by atoms with van der Waals surface area (Å²) in [6.07, 6.45) is -0.615. The van der Waals surface area contributed by atoms with Crippen LogP contribution in [0.25, 0.3) is 16.3 Å². The van der Waals surface area contributed by atoms with Crippen molar-refractivity contribution in [2.24, 2.45) is 0 Å². The zero-order valence-corrected chi connectivity index (χ0v) is 14.8. The van der Waals surface area contributed by atoms with Crippen molar-refractivity contribution >= 4 is 17.3 Å². The van der Waals surface area contributed by atoms with Crippen LogP contribution in [0.3, 0.4) is 0 Å². The number of rotatable bonds is 5. The molecule has 3 aromatic rings. The molecule has 1 aromatic heterocycles. The Hall–Kier alpha value is -2.68. The summed E-state index contributed by atoms with van der Waals surface area (Å²) >= 11 is 6.25. The average molecular weight is 373 g/mol. The standard InChI is InChI=1S/C20H18ClN3O2/c1-12-15(9-10-17(22-3)18(12)21)11-16(13(2)25)20-24-23-19(26-20)14-7-5-4-6-8-14/h4-10,13,16,25H,11H2,1-2H3/t13-,16+/m0/s1/i4D,5D,6D,7D,8D. The van der Waals surface area contributed by atoms with E-state index in [1.54, 1.807) is 26.0 Å². The number of hydrogen-bond acceptors (Lipinski definition) is 4. The number of hydrogen-bond donors (Lipinski definition) is 1. The Kier molecular flexibility index (Phi) is 3.74. The fourth-order valence-corrected chi connectivity index (χ4v) is 2.79. The number of aromatic nitrogens is 2. The van der Waals surface area contributed by atoms with Gasteiger partial charge in [0.1, 0.15) is 0 Å². The maximum absolute atomic E-state index is 10.3. The largest absolute Gasteiger partial charge is 0.420 e. The van der Waals surface area contributed by atoms with Crippen LogP contribution in [0.1, 0.15) is 36.7 Å². The highest BCUT2D eigenvalue weighted by Gasteiger charge is 2.25. The zero-order valence-electron chi connectivity index (χ0n) is 19.1. The number of benzene rings is 2. The Morgan fingerprint density at radius 2 is 2.04 bits per heavy atom. The molecule has 0 saturated heterocycles. The summed E-state index contributed by atoms with van der Waals surface area (Å²) in [5.41, 5.74) is 1.62. The molecule has 0 saturated carbocycles. The van der Waals surface area contributed by atoms with E-state index in [1.165, 1.54) is 0 Å². The van der Waals surface area contributed by atoms with Crippen molar-refractivity contribution in [1.82, 2.24) is 10.2 Å². The second-order valence-corrected chi connectivity index (χ2v) is 6.17. The lowest BCUT2D eigenvalue weighted by atomic mass is 9.92. The number of aliphatic hydroxyl groups is 1. The van der Waals surface area contributed by atoms with Gasteiger partial charge in [-0.25, -0.2) is 4.85 Å². The molecule has 6 heteroatoms. The van der Waals surface area contributed by atoms with Crippen LogP contribution in [0, 0.1) is 13.5 Å². The maximum Gasteiger partial charge on any atom is 0.247 e. The lowest BCUT2D eigenvalue weighted by Gasteiger charge is -2.18. The quantitative estimate of drug-likeness (QED) is 0.643. The minimum Gasteiger partial charge on any atom is -0.420 e. The summed E-state index contributed by atoms with van der Waals surface area (Å²) < 4.78 is 45.1. The van der Waals surface area contributed by atoms with Gasteiger partial charge in [-0.15, -0.1) is 10.2 Å². The predicted octanol–water partition coefficient (Wildman–Crippen LogP) is 4.96. The Bertz CT molecular complexity index is 1180. The van der Waals surface area contributed by atoms with Gasteiger partial charge in [-0.05, 0) is 43.5 Å². The molecule has 132 valence electrons. The van der Waals surface area contributed by atoms with Crippen molar-refractivity contribution in [3.63, 3.8) is 0 Å². The van der Waals surface area contributed by atoms with E-state index >= 15 is 0 Å². The molecule has 0 radical (unpaired) electrons. The summed E-state index contributed by atoms with van der Waals surface area (Å²) in [7, 11) is 0. The van der Waals surface area contributed by atoms with Crippen molar-refractivity contribution in [2.45, 2.75) is 32.3 Å². The van der Waals surface area contributed by atoms with Crippen LogP contribution in [0.15, 0.2) is 46.8 Å². The topological polar surface area (TPSA) is 63.5 Å². The number of halogens is 1. The smallest absolute Gasteiger partial charge is 0.247 e. The first kappa shape index (κ1) is 12.6. The van der Waals surface area contributed by atoms with Crippen LogP contribution >= 0.6 is 11.6 Å². The zero-order chi connectivity index (χ0) is 23.0. The molecule has 1 heterocycles. The van der Waals surface area contributed by atoms with Gasteiger partial charge < -0.3 is 9.52 Å². The SMILES string of the molecule is [2H]c1c([2H])c([2H])c(-c2nnc([C@H](Cc3ccc([N+]#[C-])c(Cl)c3C)[C@H](C)O)o2)c([2H])c1[2H]. The van der Waals surface area contributed by atoms with Gasteiger partial charge in [0.05, 0.1) is 30.5 Å². The summed E-state index contributed by atoms with van der Waals surface area (Å²) in [4.78, 5) is 3.37. The molecule has 1 N–H and O–H groups in total. The van der Waals surface area contributed by atoms with Gasteiger partial charge in [0.25, 0.3) is 0 Å². The highest BCUT2D eigenvalue weighted by atomic mass is 35.5. The minimum absolute atomic E-state index is 0.0570. The second kappa shape index (κ2) is 7.69. The maximum atomic E-state index is 10.3. The van der Waals surface area contributed by atoms with E-state index in [9.17, 15) is 5.11 Å². The van der Waals surface area contributed by atoms with Gasteiger partial charge in [-0.1, -0.05) is 41.9 Å². The molecule has 0 amide bonds. The lowest BCUT2D eigenvalue weighted by molar-refractivity contribution is 0.148. The second-order valence-electron chi connectivity index (χ2n) is 5.79. The minimum atomic E-state index is -0.896. The molecule has 0 fully saturated rings. The van der Waals surface area contributed by atoms with Crippen LogP contribution in [0.2, 0.25) is 5.02 Å². The molecule has 0 aliphatic rings. The third-order valence-corrected chi connectivity index (χ3v) is 4.57. The molecule has 2 aromatic carbocycles. The summed E-state index contributed by atoms with van der Waals surface area (Å²) in [6, 6.07) is 0.912. The van der Waals surface area contributed by atoms with E-state index in [2.05, 4.69) is 15.0 Å². The van der Waals surface area contributed by atoms with Crippen LogP contribution in [0.5, 0.6) is 0 Å². The van der Waals surface area contributed by atoms with Crippen LogP contribution < -0.4 is 0 Å². The van der Waals surface area contributed by atoms with Crippen LogP contribution in [-0.4, -0.2) is 21.4 Å². The third kappa shape index (κ3) is 3.62.